The highest BCUT2D eigenvalue weighted by molar-refractivity contribution is 7.91. The summed E-state index contributed by atoms with van der Waals surface area (Å²) in [5.74, 6) is 0.728. The molecule has 1 fully saturated rings. The fourth-order valence-corrected chi connectivity index (χ4v) is 5.55. The van der Waals surface area contributed by atoms with E-state index in [9.17, 15) is 8.42 Å². The predicted molar refractivity (Wildman–Crippen MR) is 107 cm³/mol. The Hall–Kier alpha value is -1.65. The normalized spacial score (nSPS) is 21.6. The van der Waals surface area contributed by atoms with E-state index >= 15 is 0 Å². The molecule has 1 saturated heterocycles. The fourth-order valence-electron chi connectivity index (χ4n) is 3.90. The van der Waals surface area contributed by atoms with Crippen LogP contribution >= 0.6 is 0 Å². The van der Waals surface area contributed by atoms with Crippen LogP contribution in [-0.2, 0) is 9.84 Å². The van der Waals surface area contributed by atoms with Gasteiger partial charge in [0.05, 0.1) is 10.6 Å². The molecule has 3 nitrogen and oxygen atoms in total. The van der Waals surface area contributed by atoms with E-state index in [0.29, 0.717) is 10.8 Å². The third-order valence-corrected chi connectivity index (χ3v) is 7.22. The van der Waals surface area contributed by atoms with Crippen LogP contribution in [-0.4, -0.2) is 38.2 Å². The third-order valence-electron chi connectivity index (χ3n) is 5.40. The molecule has 1 aliphatic rings. The van der Waals surface area contributed by atoms with Crippen molar-refractivity contribution in [2.45, 2.75) is 49.5 Å². The number of nitrogens with zero attached hydrogens (tertiary/aromatic N) is 1. The minimum absolute atomic E-state index is 0.117. The Morgan fingerprint density at radius 3 is 2.27 bits per heavy atom. The molecule has 0 amide bonds. The Bertz CT molecular complexity index is 774. The lowest BCUT2D eigenvalue weighted by Crippen LogP contribution is -2.46. The van der Waals surface area contributed by atoms with Crippen molar-refractivity contribution in [3.8, 4) is 0 Å². The van der Waals surface area contributed by atoms with Gasteiger partial charge in [0.1, 0.15) is 0 Å². The van der Waals surface area contributed by atoms with Crippen molar-refractivity contribution in [1.29, 1.82) is 0 Å². The summed E-state index contributed by atoms with van der Waals surface area (Å²) in [4.78, 5) is 2.87. The van der Waals surface area contributed by atoms with E-state index in [1.165, 1.54) is 5.56 Å². The highest BCUT2D eigenvalue weighted by Crippen LogP contribution is 2.31. The lowest BCUT2D eigenvalue weighted by Gasteiger charge is -2.40. The zero-order valence-electron chi connectivity index (χ0n) is 15.5. The molecule has 1 aliphatic heterocycles. The smallest absolute Gasteiger partial charge is 0.179 e. The number of piperidine rings is 1. The van der Waals surface area contributed by atoms with E-state index in [1.54, 1.807) is 24.3 Å². The number of benzene rings is 2. The van der Waals surface area contributed by atoms with Crippen LogP contribution in [0.3, 0.4) is 0 Å². The first-order valence-corrected chi connectivity index (χ1v) is 11.3. The Balaban J connectivity index is 1.74. The zero-order chi connectivity index (χ0) is 18.4. The number of hydrogen-bond acceptors (Lipinski definition) is 3. The van der Waals surface area contributed by atoms with Crippen LogP contribution in [0.15, 0.2) is 65.6 Å². The molecule has 2 aromatic rings. The van der Waals surface area contributed by atoms with Crippen LogP contribution in [0.1, 0.15) is 44.1 Å². The van der Waals surface area contributed by atoms with Gasteiger partial charge < -0.3 is 0 Å². The van der Waals surface area contributed by atoms with Gasteiger partial charge in [0.25, 0.3) is 0 Å². The maximum absolute atomic E-state index is 12.8. The van der Waals surface area contributed by atoms with Crippen molar-refractivity contribution in [3.63, 3.8) is 0 Å². The zero-order valence-corrected chi connectivity index (χ0v) is 16.4. The van der Waals surface area contributed by atoms with Crippen molar-refractivity contribution in [3.05, 3.63) is 66.2 Å². The quantitative estimate of drug-likeness (QED) is 0.719. The van der Waals surface area contributed by atoms with Gasteiger partial charge in [-0.25, -0.2) is 8.42 Å². The highest BCUT2D eigenvalue weighted by atomic mass is 32.2. The summed E-state index contributed by atoms with van der Waals surface area (Å²) < 4.78 is 25.7. The molecule has 0 bridgehead atoms. The van der Waals surface area contributed by atoms with Crippen molar-refractivity contribution in [1.82, 2.24) is 4.90 Å². The Labute approximate surface area is 158 Å². The van der Waals surface area contributed by atoms with Gasteiger partial charge in [0.2, 0.25) is 0 Å². The predicted octanol–water partition coefficient (Wildman–Crippen LogP) is 4.51. The van der Waals surface area contributed by atoms with E-state index in [2.05, 4.69) is 42.2 Å². The molecule has 0 unspecified atom stereocenters. The van der Waals surface area contributed by atoms with E-state index in [1.807, 2.05) is 6.07 Å². The van der Waals surface area contributed by atoms with Crippen molar-refractivity contribution in [2.24, 2.45) is 0 Å². The van der Waals surface area contributed by atoms with Gasteiger partial charge >= 0.3 is 0 Å². The van der Waals surface area contributed by atoms with Gasteiger partial charge in [-0.3, -0.25) is 4.90 Å². The second-order valence-corrected chi connectivity index (χ2v) is 9.32. The lowest BCUT2D eigenvalue weighted by molar-refractivity contribution is 0.144. The average Bonchev–Trinajstić information content (AvgIpc) is 2.68. The van der Waals surface area contributed by atoms with E-state index in [0.717, 1.165) is 38.8 Å². The monoisotopic (exact) mass is 371 g/mol. The summed E-state index contributed by atoms with van der Waals surface area (Å²) in [6, 6.07) is 19.6. The summed E-state index contributed by atoms with van der Waals surface area (Å²) >= 11 is 0. The lowest BCUT2D eigenvalue weighted by atomic mass is 9.87. The number of hydrogen-bond donors (Lipinski definition) is 0. The van der Waals surface area contributed by atoms with Gasteiger partial charge in [-0.05, 0) is 49.4 Å². The molecule has 2 aromatic carbocycles. The topological polar surface area (TPSA) is 37.4 Å². The van der Waals surface area contributed by atoms with Crippen molar-refractivity contribution in [2.75, 3.05) is 18.8 Å². The van der Waals surface area contributed by atoms with Crippen LogP contribution in [0.2, 0.25) is 0 Å². The number of rotatable bonds is 7. The fraction of sp³-hybridized carbons (Fsp3) is 0.455. The number of likely N-dealkylation sites (tertiary alicyclic amines) is 1. The molecule has 0 N–H and O–H groups in total. The Kier molecular flexibility index (Phi) is 6.49. The van der Waals surface area contributed by atoms with Crippen LogP contribution in [0.4, 0.5) is 0 Å². The maximum Gasteiger partial charge on any atom is 0.179 e. The molecule has 26 heavy (non-hydrogen) atoms. The van der Waals surface area contributed by atoms with E-state index < -0.39 is 9.84 Å². The summed E-state index contributed by atoms with van der Waals surface area (Å²) in [5, 5.41) is 0. The molecule has 0 spiro atoms. The SMILES string of the molecule is CCCCN1C[C@H](c2ccccc2)CC[C@@H]1CS(=O)(=O)c1ccccc1. The van der Waals surface area contributed by atoms with Gasteiger partial charge in [-0.1, -0.05) is 61.9 Å². The summed E-state index contributed by atoms with van der Waals surface area (Å²) in [6.07, 6.45) is 4.24. The average molecular weight is 372 g/mol. The Morgan fingerprint density at radius 2 is 1.62 bits per heavy atom. The molecule has 0 saturated carbocycles. The maximum atomic E-state index is 12.8. The van der Waals surface area contributed by atoms with Crippen LogP contribution < -0.4 is 0 Å². The van der Waals surface area contributed by atoms with Crippen LogP contribution in [0.5, 0.6) is 0 Å². The molecule has 3 rings (SSSR count). The largest absolute Gasteiger partial charge is 0.299 e. The first-order valence-electron chi connectivity index (χ1n) is 9.67. The number of unbranched alkanes of at least 4 members (excludes halogenated alkanes) is 1. The molecule has 140 valence electrons. The molecule has 0 aliphatic carbocycles. The van der Waals surface area contributed by atoms with Crippen LogP contribution in [0.25, 0.3) is 0 Å². The van der Waals surface area contributed by atoms with Gasteiger partial charge in [0, 0.05) is 12.6 Å². The summed E-state index contributed by atoms with van der Waals surface area (Å²) in [7, 11) is -3.24. The summed E-state index contributed by atoms with van der Waals surface area (Å²) in [5.41, 5.74) is 1.37. The minimum atomic E-state index is -3.24. The standard InChI is InChI=1S/C22H29NO2S/c1-2-3-16-23-17-20(19-10-6-4-7-11-19)14-15-21(23)18-26(24,25)22-12-8-5-9-13-22/h4-13,20-21H,2-3,14-18H2,1H3/t20-,21-/m1/s1. The molecule has 0 radical (unpaired) electrons. The molecule has 1 heterocycles. The van der Waals surface area contributed by atoms with Gasteiger partial charge in [-0.2, -0.15) is 0 Å². The molecule has 0 aromatic heterocycles. The highest BCUT2D eigenvalue weighted by Gasteiger charge is 2.32. The first-order chi connectivity index (χ1) is 12.6. The van der Waals surface area contributed by atoms with Crippen molar-refractivity contribution >= 4 is 9.84 Å². The number of sulfone groups is 1. The Morgan fingerprint density at radius 1 is 0.962 bits per heavy atom. The first kappa shape index (κ1) is 19.1. The van der Waals surface area contributed by atoms with Gasteiger partial charge in [-0.15, -0.1) is 0 Å². The minimum Gasteiger partial charge on any atom is -0.299 e. The molecular weight excluding hydrogens is 342 g/mol. The van der Waals surface area contributed by atoms with Crippen molar-refractivity contribution < 1.29 is 8.42 Å². The third kappa shape index (κ3) is 4.74. The second-order valence-electron chi connectivity index (χ2n) is 7.28. The molecule has 2 atom stereocenters. The van der Waals surface area contributed by atoms with E-state index in [-0.39, 0.29) is 11.8 Å². The molecule has 4 heteroatoms. The molecular formula is C22H29NO2S. The van der Waals surface area contributed by atoms with E-state index in [4.69, 9.17) is 0 Å². The van der Waals surface area contributed by atoms with Gasteiger partial charge in [0.15, 0.2) is 9.84 Å². The van der Waals surface area contributed by atoms with Crippen LogP contribution in [0, 0.1) is 0 Å². The second kappa shape index (κ2) is 8.83. The summed E-state index contributed by atoms with van der Waals surface area (Å²) in [6.45, 7) is 4.13.